The molecule has 0 saturated heterocycles. The Labute approximate surface area is 43.0 Å². The van der Waals surface area contributed by atoms with Crippen LogP contribution in [0.2, 0.25) is 0 Å². The number of hydrogen-bond donors (Lipinski definition) is 2. The van der Waals surface area contributed by atoms with Gasteiger partial charge in [0, 0.05) is 6.54 Å². The fraction of sp³-hybridized carbons (Fsp3) is 1.00. The third-order valence-electron chi connectivity index (χ3n) is 0.516. The smallest absolute Gasteiger partial charge is 0.226 e. The van der Waals surface area contributed by atoms with Crippen LogP contribution in [0.4, 0.5) is 0 Å². The Kier molecular flexibility index (Phi) is 3.98. The highest BCUT2D eigenvalue weighted by Gasteiger charge is 1.91. The molecule has 0 aromatic heterocycles. The zero-order valence-electron chi connectivity index (χ0n) is 4.33. The highest BCUT2D eigenvalue weighted by atomic mass is 16.5. The second kappa shape index (κ2) is 4.05. The Bertz CT molecular complexity index is 38.7. The van der Waals surface area contributed by atoms with Crippen molar-refractivity contribution >= 4 is 0 Å². The molecule has 0 unspecified atom stereocenters. The summed E-state index contributed by atoms with van der Waals surface area (Å²) in [4.78, 5) is 0. The van der Waals surface area contributed by atoms with Gasteiger partial charge in [-0.25, -0.2) is 0 Å². The zero-order valence-corrected chi connectivity index (χ0v) is 4.33. The van der Waals surface area contributed by atoms with Gasteiger partial charge in [-0.3, -0.25) is 0 Å². The van der Waals surface area contributed by atoms with E-state index < -0.39 is 6.41 Å². The van der Waals surface area contributed by atoms with E-state index in [0.717, 1.165) is 6.42 Å². The molecule has 7 heavy (non-hydrogen) atoms. The monoisotopic (exact) mass is 104 g/mol. The van der Waals surface area contributed by atoms with Gasteiger partial charge in [0.15, 0.2) is 0 Å². The van der Waals surface area contributed by atoms with Crippen LogP contribution in [0.5, 0.6) is 0 Å². The Balaban J connectivity index is 2.68. The molecule has 0 amide bonds. The number of nitrogens with zero attached hydrogens (tertiary/aromatic N) is 1. The van der Waals surface area contributed by atoms with E-state index in [0.29, 0.717) is 6.54 Å². The van der Waals surface area contributed by atoms with Crippen LogP contribution in [0.1, 0.15) is 13.3 Å². The van der Waals surface area contributed by atoms with E-state index in [1.165, 1.54) is 0 Å². The van der Waals surface area contributed by atoms with E-state index in [1.54, 1.807) is 0 Å². The van der Waals surface area contributed by atoms with Crippen LogP contribution in [0, 0.1) is 0 Å². The van der Waals surface area contributed by atoms with E-state index in [-0.39, 0.29) is 0 Å². The molecule has 0 fully saturated rings. The first-order chi connectivity index (χ1) is 3.27. The van der Waals surface area contributed by atoms with Gasteiger partial charge < -0.3 is 10.2 Å². The van der Waals surface area contributed by atoms with Crippen LogP contribution in [0.15, 0.2) is 0 Å². The third-order valence-corrected chi connectivity index (χ3v) is 0.516. The Morgan fingerprint density at radius 1 is 1.57 bits per heavy atom. The molecule has 0 rings (SSSR count). The molecule has 3 heteroatoms. The first-order valence-electron chi connectivity index (χ1n) is 2.30. The van der Waals surface area contributed by atoms with Crippen LogP contribution in [0.25, 0.3) is 0 Å². The lowest BCUT2D eigenvalue weighted by molar-refractivity contribution is -0.0683. The van der Waals surface area contributed by atoms with Crippen molar-refractivity contribution in [1.82, 2.24) is 5.32 Å². The summed E-state index contributed by atoms with van der Waals surface area (Å²) in [7, 11) is 0. The van der Waals surface area contributed by atoms with Gasteiger partial charge >= 0.3 is 0 Å². The van der Waals surface area contributed by atoms with Gasteiger partial charge in [-0.1, -0.05) is 6.92 Å². The third kappa shape index (κ3) is 5.88. The van der Waals surface area contributed by atoms with Gasteiger partial charge in [0.2, 0.25) is 6.41 Å². The van der Waals surface area contributed by atoms with Gasteiger partial charge in [0.05, 0.1) is 0 Å². The molecule has 0 saturated carbocycles. The van der Waals surface area contributed by atoms with Crippen LogP contribution in [-0.2, 0) is 0 Å². The molecular formula is C4H10NO2. The fourth-order valence-electron chi connectivity index (χ4n) is 0.245. The van der Waals surface area contributed by atoms with Crippen molar-refractivity contribution in [3.05, 3.63) is 0 Å². The van der Waals surface area contributed by atoms with E-state index in [2.05, 4.69) is 5.32 Å². The maximum atomic E-state index is 8.07. The fourth-order valence-corrected chi connectivity index (χ4v) is 0.245. The summed E-state index contributed by atoms with van der Waals surface area (Å²) in [5.74, 6) is 0. The molecule has 0 spiro atoms. The van der Waals surface area contributed by atoms with Crippen LogP contribution in [0.3, 0.4) is 0 Å². The topological polar surface area (TPSA) is 54.6 Å². The molecule has 0 aromatic rings. The van der Waals surface area contributed by atoms with Crippen molar-refractivity contribution in [3.63, 3.8) is 0 Å². The molecule has 0 aliphatic rings. The molecule has 2 N–H and O–H groups in total. The van der Waals surface area contributed by atoms with Gasteiger partial charge in [-0.15, -0.1) is 0 Å². The van der Waals surface area contributed by atoms with E-state index in [9.17, 15) is 0 Å². The zero-order chi connectivity index (χ0) is 5.70. The Hall–Kier alpha value is -0.120. The summed E-state index contributed by atoms with van der Waals surface area (Å²) >= 11 is 0. The van der Waals surface area contributed by atoms with Crippen molar-refractivity contribution in [2.24, 2.45) is 0 Å². The standard InChI is InChI=1S/C4H10NO2/c1-2-3-5-4(6)7/h4,6-7H,2-3H2,1H3. The lowest BCUT2D eigenvalue weighted by Gasteiger charge is -1.98. The number of rotatable bonds is 3. The Morgan fingerprint density at radius 2 is 2.14 bits per heavy atom. The highest BCUT2D eigenvalue weighted by Crippen LogP contribution is 1.73. The van der Waals surface area contributed by atoms with Crippen molar-refractivity contribution in [2.45, 2.75) is 19.8 Å². The molecule has 0 heterocycles. The van der Waals surface area contributed by atoms with Crippen LogP contribution in [-0.4, -0.2) is 23.2 Å². The average molecular weight is 104 g/mol. The van der Waals surface area contributed by atoms with Crippen molar-refractivity contribution < 1.29 is 10.2 Å². The van der Waals surface area contributed by atoms with Crippen LogP contribution < -0.4 is 5.32 Å². The van der Waals surface area contributed by atoms with Crippen molar-refractivity contribution in [3.8, 4) is 0 Å². The lowest BCUT2D eigenvalue weighted by Crippen LogP contribution is -2.20. The van der Waals surface area contributed by atoms with Crippen molar-refractivity contribution in [1.29, 1.82) is 0 Å². The van der Waals surface area contributed by atoms with E-state index in [4.69, 9.17) is 10.2 Å². The predicted molar refractivity (Wildman–Crippen MR) is 25.5 cm³/mol. The van der Waals surface area contributed by atoms with Crippen molar-refractivity contribution in [2.75, 3.05) is 6.54 Å². The molecule has 0 bridgehead atoms. The number of aliphatic hydroxyl groups is 2. The predicted octanol–water partition coefficient (Wildman–Crippen LogP) is -0.731. The maximum absolute atomic E-state index is 8.07. The number of hydrogen-bond acceptors (Lipinski definition) is 2. The maximum Gasteiger partial charge on any atom is 0.226 e. The lowest BCUT2D eigenvalue weighted by atomic mass is 10.5. The molecular weight excluding hydrogens is 94.0 g/mol. The molecule has 3 nitrogen and oxygen atoms in total. The summed E-state index contributed by atoms with van der Waals surface area (Å²) in [6.45, 7) is 2.45. The first kappa shape index (κ1) is 6.88. The van der Waals surface area contributed by atoms with Gasteiger partial charge in [0.25, 0.3) is 0 Å². The first-order valence-corrected chi connectivity index (χ1v) is 2.30. The summed E-state index contributed by atoms with van der Waals surface area (Å²) in [5.41, 5.74) is 0. The summed E-state index contributed by atoms with van der Waals surface area (Å²) < 4.78 is 0. The molecule has 1 radical (unpaired) electrons. The minimum absolute atomic E-state index is 0.525. The quantitative estimate of drug-likeness (QED) is 0.464. The molecule has 0 aliphatic carbocycles. The van der Waals surface area contributed by atoms with Gasteiger partial charge in [-0.2, -0.15) is 5.32 Å². The van der Waals surface area contributed by atoms with Gasteiger partial charge in [0.1, 0.15) is 0 Å². The van der Waals surface area contributed by atoms with E-state index >= 15 is 0 Å². The number of aliphatic hydroxyl groups excluding tert-OH is 1. The molecule has 0 aliphatic heterocycles. The minimum Gasteiger partial charge on any atom is -0.355 e. The molecule has 43 valence electrons. The normalized spacial score (nSPS) is 10.3. The minimum atomic E-state index is -1.47. The SMILES string of the molecule is CCC[N]C(O)O. The average Bonchev–Trinajstić information content (AvgIpc) is 1.61. The van der Waals surface area contributed by atoms with Crippen LogP contribution >= 0.6 is 0 Å². The second-order valence-corrected chi connectivity index (χ2v) is 1.25. The largest absolute Gasteiger partial charge is 0.355 e. The van der Waals surface area contributed by atoms with Gasteiger partial charge in [-0.05, 0) is 6.42 Å². The van der Waals surface area contributed by atoms with E-state index in [1.807, 2.05) is 6.92 Å². The Morgan fingerprint density at radius 3 is 2.29 bits per heavy atom. The molecule has 0 atom stereocenters. The summed E-state index contributed by atoms with van der Waals surface area (Å²) in [6, 6.07) is 0. The summed E-state index contributed by atoms with van der Waals surface area (Å²) in [6.07, 6.45) is -0.614. The summed E-state index contributed by atoms with van der Waals surface area (Å²) in [5, 5.41) is 19.5. The molecule has 0 aromatic carbocycles. The highest BCUT2D eigenvalue weighted by molar-refractivity contribution is 4.34. The second-order valence-electron chi connectivity index (χ2n) is 1.25.